The summed E-state index contributed by atoms with van der Waals surface area (Å²) in [5, 5.41) is 0.204. The molecule has 410 valence electrons. The van der Waals surface area contributed by atoms with Crippen molar-refractivity contribution in [1.29, 1.82) is 0 Å². The molecule has 9 aromatic carbocycles. The number of fused-ring (bicyclic) bond motifs is 3. The van der Waals surface area contributed by atoms with Crippen LogP contribution < -0.4 is 0 Å². The Balaban J connectivity index is 1.22. The molecule has 12 rings (SSSR count). The summed E-state index contributed by atoms with van der Waals surface area (Å²) in [4.78, 5) is 30.0. The maximum atomic E-state index is 14.4. The van der Waals surface area contributed by atoms with E-state index < -0.39 is 58.1 Å². The standard InChI is InChI=1S/C64H35F12N7/c65-61(66,67)44-28-42(29-45(34-44)62(68,69)70)40-24-26-52-50(32-40)51-33-41(43-30-46(63(71,72)73)35-47(31-43)64(74,75)76)25-27-53(51)83(52)54-48(59-79-55(36-14-5-1-6-15-36)77-56(80-59)37-16-7-2-8-17-37)22-13-23-49(54)60-81-57(38-18-9-3-10-19-38)78-58(82-60)39-20-11-4-12-21-39/h1-35H. The molecule has 0 fully saturated rings. The molecule has 7 nitrogen and oxygen atoms in total. The fourth-order valence-electron chi connectivity index (χ4n) is 9.87. The van der Waals surface area contributed by atoms with E-state index in [0.29, 0.717) is 46.5 Å². The van der Waals surface area contributed by atoms with Crippen LogP contribution in [0, 0.1) is 0 Å². The average molecular weight is 1130 g/mol. The molecule has 0 N–H and O–H groups in total. The molecule has 83 heavy (non-hydrogen) atoms. The van der Waals surface area contributed by atoms with Gasteiger partial charge in [0.25, 0.3) is 0 Å². The van der Waals surface area contributed by atoms with Gasteiger partial charge in [0.2, 0.25) is 0 Å². The third kappa shape index (κ3) is 10.6. The van der Waals surface area contributed by atoms with Crippen LogP contribution in [0.2, 0.25) is 0 Å². The molecule has 0 spiro atoms. The third-order valence-electron chi connectivity index (χ3n) is 13.7. The van der Waals surface area contributed by atoms with Crippen LogP contribution >= 0.6 is 0 Å². The lowest BCUT2D eigenvalue weighted by molar-refractivity contribution is -0.144. The van der Waals surface area contributed by atoms with Crippen LogP contribution in [0.25, 0.3) is 118 Å². The third-order valence-corrected chi connectivity index (χ3v) is 13.7. The molecule has 0 amide bonds. The van der Waals surface area contributed by atoms with Crippen molar-refractivity contribution < 1.29 is 52.7 Å². The van der Waals surface area contributed by atoms with Gasteiger partial charge >= 0.3 is 24.7 Å². The van der Waals surface area contributed by atoms with Crippen molar-refractivity contribution >= 4 is 21.8 Å². The zero-order chi connectivity index (χ0) is 58.0. The van der Waals surface area contributed by atoms with Gasteiger partial charge in [-0.05, 0) is 95.1 Å². The van der Waals surface area contributed by atoms with Gasteiger partial charge in [0.1, 0.15) is 0 Å². The molecular weight excluding hydrogens is 1090 g/mol. The molecule has 3 aromatic heterocycles. The smallest absolute Gasteiger partial charge is 0.308 e. The maximum Gasteiger partial charge on any atom is 0.416 e. The second-order valence-electron chi connectivity index (χ2n) is 19.2. The Morgan fingerprint density at radius 2 is 0.518 bits per heavy atom. The highest BCUT2D eigenvalue weighted by atomic mass is 19.4. The molecule has 3 heterocycles. The maximum absolute atomic E-state index is 14.4. The lowest BCUT2D eigenvalue weighted by Crippen LogP contribution is -2.11. The van der Waals surface area contributed by atoms with Gasteiger partial charge in [-0.1, -0.05) is 140 Å². The van der Waals surface area contributed by atoms with Crippen LogP contribution in [0.15, 0.2) is 212 Å². The number of alkyl halides is 12. The van der Waals surface area contributed by atoms with Crippen molar-refractivity contribution in [3.63, 3.8) is 0 Å². The van der Waals surface area contributed by atoms with E-state index in [1.54, 1.807) is 120 Å². The summed E-state index contributed by atoms with van der Waals surface area (Å²) in [6, 6.07) is 51.6. The van der Waals surface area contributed by atoms with E-state index in [2.05, 4.69) is 0 Å². The number of hydrogen-bond donors (Lipinski definition) is 0. The van der Waals surface area contributed by atoms with Crippen LogP contribution in [0.3, 0.4) is 0 Å². The molecule has 0 bridgehead atoms. The summed E-state index contributed by atoms with van der Waals surface area (Å²) in [6.07, 6.45) is -20.9. The van der Waals surface area contributed by atoms with E-state index in [1.807, 2.05) is 24.3 Å². The normalized spacial score (nSPS) is 12.3. The fraction of sp³-hybridized carbons (Fsp3) is 0.0625. The minimum Gasteiger partial charge on any atom is -0.308 e. The molecule has 0 aliphatic carbocycles. The number of hydrogen-bond acceptors (Lipinski definition) is 6. The summed E-state index contributed by atoms with van der Waals surface area (Å²) in [7, 11) is 0. The lowest BCUT2D eigenvalue weighted by atomic mass is 9.96. The van der Waals surface area contributed by atoms with E-state index in [4.69, 9.17) is 29.9 Å². The minimum absolute atomic E-state index is 0.00984. The van der Waals surface area contributed by atoms with Gasteiger partial charge in [-0.15, -0.1) is 0 Å². The van der Waals surface area contributed by atoms with Crippen molar-refractivity contribution in [2.45, 2.75) is 24.7 Å². The van der Waals surface area contributed by atoms with Crippen LogP contribution in [0.4, 0.5) is 52.7 Å². The van der Waals surface area contributed by atoms with E-state index in [1.165, 1.54) is 36.4 Å². The first-order chi connectivity index (χ1) is 39.6. The SMILES string of the molecule is FC(F)(F)c1cc(-c2ccc3c(c2)c2cc(-c4cc(C(F)(F)F)cc(C(F)(F)F)c4)ccc2n3-c2c(-c3nc(-c4ccccc4)nc(-c4ccccc4)n3)cccc2-c2nc(-c3ccccc3)nc(-c3ccccc3)n2)cc(C(F)(F)F)c1. The number of rotatable bonds is 9. The summed E-state index contributed by atoms with van der Waals surface area (Å²) in [5.41, 5.74) is -4.06. The van der Waals surface area contributed by atoms with E-state index in [9.17, 15) is 52.7 Å². The van der Waals surface area contributed by atoms with Gasteiger partial charge in [0, 0.05) is 44.2 Å². The largest absolute Gasteiger partial charge is 0.416 e. The highest BCUT2D eigenvalue weighted by Gasteiger charge is 2.39. The van der Waals surface area contributed by atoms with Crippen molar-refractivity contribution in [2.24, 2.45) is 0 Å². The average Bonchev–Trinajstić information content (AvgIpc) is 1.90. The second-order valence-corrected chi connectivity index (χ2v) is 19.2. The summed E-state index contributed by atoms with van der Waals surface area (Å²) < 4.78 is 175. The van der Waals surface area contributed by atoms with Crippen molar-refractivity contribution in [3.8, 4) is 96.3 Å². The predicted molar refractivity (Wildman–Crippen MR) is 291 cm³/mol. The molecule has 0 unspecified atom stereocenters. The Bertz CT molecular complexity index is 3970. The summed E-state index contributed by atoms with van der Waals surface area (Å²) in [6.45, 7) is 0. The first-order valence-corrected chi connectivity index (χ1v) is 25.2. The highest BCUT2D eigenvalue weighted by molar-refractivity contribution is 6.13. The van der Waals surface area contributed by atoms with Gasteiger partial charge in [0.15, 0.2) is 34.9 Å². The first kappa shape index (κ1) is 53.6. The van der Waals surface area contributed by atoms with Crippen molar-refractivity contribution in [1.82, 2.24) is 34.5 Å². The topological polar surface area (TPSA) is 82.3 Å². The van der Waals surface area contributed by atoms with Crippen LogP contribution in [0.1, 0.15) is 22.3 Å². The van der Waals surface area contributed by atoms with Crippen LogP contribution in [-0.4, -0.2) is 34.5 Å². The molecule has 0 saturated carbocycles. The van der Waals surface area contributed by atoms with E-state index in [0.717, 1.165) is 0 Å². The Morgan fingerprint density at radius 1 is 0.241 bits per heavy atom. The van der Waals surface area contributed by atoms with E-state index in [-0.39, 0.29) is 96.8 Å². The lowest BCUT2D eigenvalue weighted by Gasteiger charge is -2.19. The highest BCUT2D eigenvalue weighted by Crippen LogP contribution is 2.46. The molecule has 0 radical (unpaired) electrons. The zero-order valence-corrected chi connectivity index (χ0v) is 42.4. The number of para-hydroxylation sites is 1. The van der Waals surface area contributed by atoms with Gasteiger partial charge < -0.3 is 4.57 Å². The molecule has 19 heteroatoms. The Hall–Kier alpha value is -10.0. The van der Waals surface area contributed by atoms with E-state index >= 15 is 0 Å². The first-order valence-electron chi connectivity index (χ1n) is 25.2. The molecule has 0 aliphatic rings. The van der Waals surface area contributed by atoms with Crippen LogP contribution in [-0.2, 0) is 24.7 Å². The predicted octanol–water partition coefficient (Wildman–Crippen LogP) is 18.6. The Morgan fingerprint density at radius 3 is 0.795 bits per heavy atom. The van der Waals surface area contributed by atoms with Crippen molar-refractivity contribution in [2.75, 3.05) is 0 Å². The van der Waals surface area contributed by atoms with Gasteiger partial charge in [-0.2, -0.15) is 52.7 Å². The molecule has 0 aliphatic heterocycles. The molecule has 12 aromatic rings. The monoisotopic (exact) mass is 1130 g/mol. The Kier molecular flexibility index (Phi) is 13.2. The van der Waals surface area contributed by atoms with Crippen LogP contribution in [0.5, 0.6) is 0 Å². The van der Waals surface area contributed by atoms with Gasteiger partial charge in [-0.25, -0.2) is 29.9 Å². The number of nitrogens with zero attached hydrogens (tertiary/aromatic N) is 7. The number of aromatic nitrogens is 7. The minimum atomic E-state index is -5.23. The number of halogens is 12. The molecule has 0 atom stereocenters. The molecule has 0 saturated heterocycles. The van der Waals surface area contributed by atoms with Crippen molar-refractivity contribution in [3.05, 3.63) is 235 Å². The van der Waals surface area contributed by atoms with Gasteiger partial charge in [0.05, 0.1) is 39.0 Å². The fourth-order valence-corrected chi connectivity index (χ4v) is 9.87. The quantitative estimate of drug-likeness (QED) is 0.134. The number of benzene rings is 9. The summed E-state index contributed by atoms with van der Waals surface area (Å²) in [5.74, 6) is 1.17. The molecular formula is C64H35F12N7. The zero-order valence-electron chi connectivity index (χ0n) is 42.4. The second kappa shape index (κ2) is 20.5. The Labute approximate surface area is 462 Å². The summed E-state index contributed by atoms with van der Waals surface area (Å²) >= 11 is 0. The van der Waals surface area contributed by atoms with Gasteiger partial charge in [-0.3, -0.25) is 0 Å².